The number of H-pyrrole nitrogens is 1. The van der Waals surface area contributed by atoms with Crippen LogP contribution in [-0.4, -0.2) is 51.5 Å². The van der Waals surface area contributed by atoms with Crippen molar-refractivity contribution in [3.8, 4) is 0 Å². The van der Waals surface area contributed by atoms with Crippen molar-refractivity contribution >= 4 is 11.8 Å². The summed E-state index contributed by atoms with van der Waals surface area (Å²) in [6.45, 7) is 0.978. The van der Waals surface area contributed by atoms with Gasteiger partial charge >= 0.3 is 0 Å². The number of aryl methyl sites for hydroxylation is 2. The van der Waals surface area contributed by atoms with Gasteiger partial charge in [-0.1, -0.05) is 30.3 Å². The van der Waals surface area contributed by atoms with Crippen LogP contribution in [0.5, 0.6) is 0 Å². The average molecular weight is 405 g/mol. The smallest absolute Gasteiger partial charge is 0.261 e. The van der Waals surface area contributed by atoms with Gasteiger partial charge in [-0.25, -0.2) is 0 Å². The predicted molar refractivity (Wildman–Crippen MR) is 108 cm³/mol. The van der Waals surface area contributed by atoms with Crippen molar-refractivity contribution in [1.82, 2.24) is 14.8 Å². The maximum absolute atomic E-state index is 13.4. The number of carbonyl (C=O) groups excluding carboxylic acids is 2. The van der Waals surface area contributed by atoms with Gasteiger partial charge in [0, 0.05) is 18.7 Å². The van der Waals surface area contributed by atoms with E-state index in [1.54, 1.807) is 11.0 Å². The Kier molecular flexibility index (Phi) is 3.75. The van der Waals surface area contributed by atoms with Crippen LogP contribution in [0.2, 0.25) is 0 Å². The van der Waals surface area contributed by atoms with Crippen LogP contribution in [0.25, 0.3) is 0 Å². The molecule has 6 rings (SSSR count). The summed E-state index contributed by atoms with van der Waals surface area (Å²) in [6, 6.07) is 11.3. The van der Waals surface area contributed by atoms with Crippen LogP contribution >= 0.6 is 0 Å². The zero-order valence-corrected chi connectivity index (χ0v) is 16.6. The molecule has 0 unspecified atom stereocenters. The number of aromatic nitrogens is 1. The van der Waals surface area contributed by atoms with Crippen molar-refractivity contribution in [3.63, 3.8) is 0 Å². The first-order chi connectivity index (χ1) is 14.6. The van der Waals surface area contributed by atoms with Crippen LogP contribution in [0.4, 0.5) is 0 Å². The van der Waals surface area contributed by atoms with Crippen molar-refractivity contribution in [2.75, 3.05) is 13.1 Å². The highest BCUT2D eigenvalue weighted by Crippen LogP contribution is 2.50. The number of aromatic amines is 1. The Morgan fingerprint density at radius 3 is 2.83 bits per heavy atom. The van der Waals surface area contributed by atoms with E-state index in [9.17, 15) is 14.4 Å². The second kappa shape index (κ2) is 6.28. The lowest BCUT2D eigenvalue weighted by molar-refractivity contribution is -0.138. The number of rotatable bonds is 2. The van der Waals surface area contributed by atoms with Crippen LogP contribution < -0.4 is 5.56 Å². The maximum atomic E-state index is 13.4. The van der Waals surface area contributed by atoms with Crippen LogP contribution in [0.3, 0.4) is 0 Å². The first kappa shape index (κ1) is 17.9. The van der Waals surface area contributed by atoms with E-state index in [1.807, 2.05) is 35.2 Å². The van der Waals surface area contributed by atoms with Crippen LogP contribution in [0, 0.1) is 0 Å². The number of pyridine rings is 1. The van der Waals surface area contributed by atoms with Gasteiger partial charge < -0.3 is 19.5 Å². The first-order valence-electron chi connectivity index (χ1n) is 10.7. The molecule has 154 valence electrons. The van der Waals surface area contributed by atoms with E-state index in [0.29, 0.717) is 19.5 Å². The topological polar surface area (TPSA) is 82.7 Å². The van der Waals surface area contributed by atoms with Gasteiger partial charge in [0.05, 0.1) is 19.0 Å². The molecule has 1 spiro atoms. The molecule has 0 saturated carbocycles. The summed E-state index contributed by atoms with van der Waals surface area (Å²) < 4.78 is 6.50. The molecule has 0 radical (unpaired) electrons. The first-order valence-corrected chi connectivity index (χ1v) is 10.7. The molecule has 1 aromatic carbocycles. The van der Waals surface area contributed by atoms with Crippen molar-refractivity contribution in [2.45, 2.75) is 50.0 Å². The van der Waals surface area contributed by atoms with Gasteiger partial charge in [0.1, 0.15) is 11.7 Å². The van der Waals surface area contributed by atoms with E-state index in [2.05, 4.69) is 4.98 Å². The summed E-state index contributed by atoms with van der Waals surface area (Å²) in [7, 11) is 0. The molecule has 2 amide bonds. The number of amides is 2. The van der Waals surface area contributed by atoms with Crippen molar-refractivity contribution in [2.24, 2.45) is 0 Å². The zero-order chi connectivity index (χ0) is 20.5. The molecular formula is C23H23N3O4. The van der Waals surface area contributed by atoms with Gasteiger partial charge in [-0.3, -0.25) is 14.4 Å². The lowest BCUT2D eigenvalue weighted by atomic mass is 10.1. The number of hydrogen-bond donors (Lipinski definition) is 1. The Balaban J connectivity index is 1.32. The fourth-order valence-electron chi connectivity index (χ4n) is 5.74. The molecular weight excluding hydrogens is 382 g/mol. The number of benzene rings is 1. The van der Waals surface area contributed by atoms with E-state index in [1.165, 1.54) is 0 Å². The Hall–Kier alpha value is -2.93. The Labute approximate surface area is 173 Å². The standard InChI is InChI=1S/C23H23N3O4/c27-20-12-19-23(26(20)13-18(30-23)14-5-2-1-3-6-14)9-10-25(19)22(29)16-11-15-7-4-8-17(15)24-21(16)28/h1-3,5-6,11,18-19H,4,7-10,12-13H2,(H,24,28)/t18-,19+,23-/m0/s1. The molecule has 7 nitrogen and oxygen atoms in total. The second-order valence-corrected chi connectivity index (χ2v) is 8.70. The van der Waals surface area contributed by atoms with E-state index < -0.39 is 5.72 Å². The summed E-state index contributed by atoms with van der Waals surface area (Å²) in [6.07, 6.45) is 3.35. The minimum Gasteiger partial charge on any atom is -0.343 e. The maximum Gasteiger partial charge on any atom is 0.261 e. The highest BCUT2D eigenvalue weighted by Gasteiger charge is 2.65. The largest absolute Gasteiger partial charge is 0.343 e. The molecule has 3 saturated heterocycles. The number of hydrogen-bond acceptors (Lipinski definition) is 4. The average Bonchev–Trinajstić information content (AvgIpc) is 3.49. The molecule has 3 atom stereocenters. The zero-order valence-electron chi connectivity index (χ0n) is 16.6. The lowest BCUT2D eigenvalue weighted by Gasteiger charge is -2.32. The predicted octanol–water partition coefficient (Wildman–Crippen LogP) is 1.78. The van der Waals surface area contributed by atoms with Gasteiger partial charge in [0.2, 0.25) is 5.91 Å². The third kappa shape index (κ3) is 2.38. The Morgan fingerprint density at radius 1 is 1.17 bits per heavy atom. The summed E-state index contributed by atoms with van der Waals surface area (Å²) in [4.78, 5) is 45.2. The number of carbonyl (C=O) groups is 2. The number of nitrogens with zero attached hydrogens (tertiary/aromatic N) is 2. The third-order valence-electron chi connectivity index (χ3n) is 7.18. The quantitative estimate of drug-likeness (QED) is 0.826. The molecule has 3 fully saturated rings. The van der Waals surface area contributed by atoms with E-state index in [-0.39, 0.29) is 41.5 Å². The molecule has 7 heteroatoms. The third-order valence-corrected chi connectivity index (χ3v) is 7.18. The van der Waals surface area contributed by atoms with Crippen molar-refractivity contribution in [3.05, 3.63) is 69.1 Å². The van der Waals surface area contributed by atoms with Crippen LogP contribution in [-0.2, 0) is 22.4 Å². The molecule has 1 aromatic heterocycles. The van der Waals surface area contributed by atoms with Crippen molar-refractivity contribution < 1.29 is 14.3 Å². The minimum atomic E-state index is -0.781. The summed E-state index contributed by atoms with van der Waals surface area (Å²) >= 11 is 0. The SMILES string of the molecule is O=C(c1cc2c([nH]c1=O)CCC2)N1CC[C@@]23O[C@H](c4ccccc4)CN2C(=O)C[C@@H]13. The molecule has 1 N–H and O–H groups in total. The van der Waals surface area contributed by atoms with Crippen LogP contribution in [0.15, 0.2) is 41.2 Å². The lowest BCUT2D eigenvalue weighted by Crippen LogP contribution is -2.49. The summed E-state index contributed by atoms with van der Waals surface area (Å²) in [5, 5.41) is 0. The monoisotopic (exact) mass is 405 g/mol. The summed E-state index contributed by atoms with van der Waals surface area (Å²) in [5.41, 5.74) is 2.09. The molecule has 4 heterocycles. The van der Waals surface area contributed by atoms with Crippen LogP contribution in [0.1, 0.15) is 52.5 Å². The number of likely N-dealkylation sites (tertiary alicyclic amines) is 1. The molecule has 0 bridgehead atoms. The molecule has 1 aliphatic carbocycles. The van der Waals surface area contributed by atoms with E-state index in [4.69, 9.17) is 4.74 Å². The second-order valence-electron chi connectivity index (χ2n) is 8.70. The molecule has 3 aliphatic heterocycles. The Morgan fingerprint density at radius 2 is 2.00 bits per heavy atom. The number of fused-ring (bicyclic) bond motifs is 1. The normalized spacial score (nSPS) is 29.3. The number of ether oxygens (including phenoxy) is 1. The minimum absolute atomic E-state index is 0.0128. The molecule has 4 aliphatic rings. The van der Waals surface area contributed by atoms with Crippen molar-refractivity contribution in [1.29, 1.82) is 0 Å². The molecule has 2 aromatic rings. The van der Waals surface area contributed by atoms with Gasteiger partial charge in [0.25, 0.3) is 11.5 Å². The number of nitrogens with one attached hydrogen (secondary N) is 1. The summed E-state index contributed by atoms with van der Waals surface area (Å²) in [5.74, 6) is -0.284. The van der Waals surface area contributed by atoms with E-state index in [0.717, 1.165) is 36.1 Å². The van der Waals surface area contributed by atoms with Gasteiger partial charge in [-0.05, 0) is 36.5 Å². The van der Waals surface area contributed by atoms with Gasteiger partial charge in [-0.15, -0.1) is 0 Å². The Bertz CT molecular complexity index is 1110. The van der Waals surface area contributed by atoms with Gasteiger partial charge in [-0.2, -0.15) is 0 Å². The highest BCUT2D eigenvalue weighted by atomic mass is 16.5. The van der Waals surface area contributed by atoms with E-state index >= 15 is 0 Å². The fraction of sp³-hybridized carbons (Fsp3) is 0.435. The fourth-order valence-corrected chi connectivity index (χ4v) is 5.74. The highest BCUT2D eigenvalue weighted by molar-refractivity contribution is 5.95. The molecule has 30 heavy (non-hydrogen) atoms. The van der Waals surface area contributed by atoms with Gasteiger partial charge in [0.15, 0.2) is 5.72 Å².